The third-order valence-electron chi connectivity index (χ3n) is 6.57. The van der Waals surface area contributed by atoms with E-state index in [4.69, 9.17) is 28.4 Å². The van der Waals surface area contributed by atoms with Gasteiger partial charge >= 0.3 is 5.97 Å². The maximum absolute atomic E-state index is 13.5. The van der Waals surface area contributed by atoms with Crippen LogP contribution >= 0.6 is 11.7 Å². The standard InChI is InChI=1S/C28H26N2O8S/c1-33-17-7-9-22(34-2)18(14-17)28(32)19(10-15-11-23(35-3)26(37-5)24(12-15)36-4)25(27(31)38-28)16-6-8-20-21(13-16)30-39-29-20/h6-9,11-14,32H,10H2,1-5H3. The Labute approximate surface area is 228 Å². The Hall–Kier alpha value is -4.35. The van der Waals surface area contributed by atoms with Crippen molar-refractivity contribution in [3.8, 4) is 28.7 Å². The van der Waals surface area contributed by atoms with Gasteiger partial charge in [-0.3, -0.25) is 0 Å². The number of methoxy groups -OCH3 is 5. The topological polar surface area (TPSA) is 118 Å². The lowest BCUT2D eigenvalue weighted by Gasteiger charge is -2.28. The predicted octanol–water partition coefficient (Wildman–Crippen LogP) is 4.13. The molecule has 0 saturated carbocycles. The van der Waals surface area contributed by atoms with Gasteiger partial charge in [0.05, 0.1) is 58.4 Å². The predicted molar refractivity (Wildman–Crippen MR) is 144 cm³/mol. The van der Waals surface area contributed by atoms with Gasteiger partial charge in [-0.25, -0.2) is 4.79 Å². The molecule has 39 heavy (non-hydrogen) atoms. The van der Waals surface area contributed by atoms with Gasteiger partial charge in [-0.1, -0.05) is 6.07 Å². The molecule has 1 unspecified atom stereocenters. The van der Waals surface area contributed by atoms with Gasteiger partial charge in [0.1, 0.15) is 22.5 Å². The van der Waals surface area contributed by atoms with Crippen LogP contribution in [0, 0.1) is 0 Å². The fourth-order valence-electron chi connectivity index (χ4n) is 4.72. The monoisotopic (exact) mass is 550 g/mol. The average molecular weight is 551 g/mol. The number of nitrogens with zero attached hydrogens (tertiary/aromatic N) is 2. The quantitative estimate of drug-likeness (QED) is 0.305. The van der Waals surface area contributed by atoms with Crippen LogP contribution in [0.3, 0.4) is 0 Å². The van der Waals surface area contributed by atoms with Crippen LogP contribution in [0.4, 0.5) is 0 Å². The number of rotatable bonds is 9. The van der Waals surface area contributed by atoms with Crippen LogP contribution in [0.5, 0.6) is 28.7 Å². The van der Waals surface area contributed by atoms with Crippen LogP contribution in [0.15, 0.2) is 54.1 Å². The zero-order chi connectivity index (χ0) is 27.7. The molecule has 0 saturated heterocycles. The van der Waals surface area contributed by atoms with Crippen LogP contribution in [-0.4, -0.2) is 55.4 Å². The number of aromatic nitrogens is 2. The van der Waals surface area contributed by atoms with Gasteiger partial charge in [-0.15, -0.1) is 0 Å². The molecule has 202 valence electrons. The lowest BCUT2D eigenvalue weighted by Crippen LogP contribution is -2.30. The molecule has 0 fully saturated rings. The second-order valence-corrected chi connectivity index (χ2v) is 9.16. The molecule has 0 radical (unpaired) electrons. The number of cyclic esters (lactones) is 1. The average Bonchev–Trinajstić information content (AvgIpc) is 3.53. The molecule has 1 N–H and O–H groups in total. The molecule has 10 nitrogen and oxygen atoms in total. The van der Waals surface area contributed by atoms with E-state index >= 15 is 0 Å². The number of hydrogen-bond acceptors (Lipinski definition) is 11. The smallest absolute Gasteiger partial charge is 0.342 e. The maximum atomic E-state index is 13.5. The minimum absolute atomic E-state index is 0.0853. The highest BCUT2D eigenvalue weighted by Gasteiger charge is 2.50. The molecular weight excluding hydrogens is 524 g/mol. The number of carbonyl (C=O) groups is 1. The van der Waals surface area contributed by atoms with Crippen molar-refractivity contribution in [1.82, 2.24) is 8.75 Å². The van der Waals surface area contributed by atoms with Gasteiger partial charge in [0.15, 0.2) is 11.5 Å². The van der Waals surface area contributed by atoms with E-state index in [2.05, 4.69) is 8.75 Å². The fourth-order valence-corrected chi connectivity index (χ4v) is 5.23. The first-order chi connectivity index (χ1) is 18.9. The Morgan fingerprint density at radius 3 is 2.15 bits per heavy atom. The van der Waals surface area contributed by atoms with Gasteiger partial charge in [0.2, 0.25) is 5.75 Å². The highest BCUT2D eigenvalue weighted by Crippen LogP contribution is 2.49. The molecule has 0 amide bonds. The summed E-state index contributed by atoms with van der Waals surface area (Å²) >= 11 is 1.07. The summed E-state index contributed by atoms with van der Waals surface area (Å²) in [6, 6.07) is 13.7. The van der Waals surface area contributed by atoms with Gasteiger partial charge in [-0.2, -0.15) is 8.75 Å². The molecule has 11 heteroatoms. The maximum Gasteiger partial charge on any atom is 0.342 e. The second kappa shape index (κ2) is 10.4. The molecule has 0 bridgehead atoms. The molecule has 0 spiro atoms. The summed E-state index contributed by atoms with van der Waals surface area (Å²) in [5.41, 5.74) is 3.23. The van der Waals surface area contributed by atoms with E-state index in [9.17, 15) is 9.90 Å². The number of carbonyl (C=O) groups excluding carboxylic acids is 1. The zero-order valence-corrected chi connectivity index (χ0v) is 22.8. The Morgan fingerprint density at radius 2 is 1.51 bits per heavy atom. The third kappa shape index (κ3) is 4.49. The van der Waals surface area contributed by atoms with Crippen molar-refractivity contribution >= 4 is 34.3 Å². The second-order valence-electron chi connectivity index (χ2n) is 8.63. The van der Waals surface area contributed by atoms with E-state index < -0.39 is 11.8 Å². The van der Waals surface area contributed by atoms with Crippen molar-refractivity contribution in [2.75, 3.05) is 35.5 Å². The number of hydrogen-bond donors (Lipinski definition) is 1. The number of fused-ring (bicyclic) bond motifs is 1. The Bertz CT molecular complexity index is 1570. The summed E-state index contributed by atoms with van der Waals surface area (Å²) in [6.07, 6.45) is 0.0853. The minimum atomic E-state index is -2.18. The van der Waals surface area contributed by atoms with Crippen molar-refractivity contribution in [3.05, 3.63) is 70.8 Å². The van der Waals surface area contributed by atoms with Gasteiger partial charge < -0.3 is 33.5 Å². The largest absolute Gasteiger partial charge is 0.497 e. The summed E-state index contributed by atoms with van der Waals surface area (Å²) in [6.45, 7) is 0. The number of aliphatic hydroxyl groups is 1. The van der Waals surface area contributed by atoms with E-state index in [1.54, 1.807) is 48.5 Å². The van der Waals surface area contributed by atoms with E-state index in [-0.39, 0.29) is 23.1 Å². The van der Waals surface area contributed by atoms with Crippen LogP contribution < -0.4 is 23.7 Å². The first-order valence-corrected chi connectivity index (χ1v) is 12.5. The van der Waals surface area contributed by atoms with E-state index in [0.29, 0.717) is 50.9 Å². The van der Waals surface area contributed by atoms with Crippen LogP contribution in [0.25, 0.3) is 16.6 Å². The first-order valence-electron chi connectivity index (χ1n) is 11.8. The first kappa shape index (κ1) is 26.3. The van der Waals surface area contributed by atoms with Crippen molar-refractivity contribution < 1.29 is 38.3 Å². The Morgan fingerprint density at radius 1 is 0.821 bits per heavy atom. The Kier molecular flexibility index (Phi) is 7.02. The number of benzene rings is 3. The molecule has 5 rings (SSSR count). The van der Waals surface area contributed by atoms with Crippen molar-refractivity contribution in [2.45, 2.75) is 12.2 Å². The summed E-state index contributed by atoms with van der Waals surface area (Å²) < 4.78 is 41.8. The lowest BCUT2D eigenvalue weighted by molar-refractivity contribution is -0.185. The highest BCUT2D eigenvalue weighted by molar-refractivity contribution is 7.00. The van der Waals surface area contributed by atoms with Crippen LogP contribution in [-0.2, 0) is 21.7 Å². The number of esters is 1. The van der Waals surface area contributed by atoms with E-state index in [1.807, 2.05) is 0 Å². The van der Waals surface area contributed by atoms with E-state index in [1.165, 1.54) is 35.5 Å². The van der Waals surface area contributed by atoms with Gasteiger partial charge in [0, 0.05) is 12.0 Å². The SMILES string of the molecule is COc1ccc(OC)c(C2(O)OC(=O)C(c3ccc4nsnc4c3)=C2Cc2cc(OC)c(OC)c(OC)c2)c1. The molecule has 4 aromatic rings. The molecule has 1 aliphatic heterocycles. The minimum Gasteiger partial charge on any atom is -0.497 e. The third-order valence-corrected chi connectivity index (χ3v) is 7.13. The molecule has 1 aliphatic rings. The molecule has 2 heterocycles. The molecule has 3 aromatic carbocycles. The zero-order valence-electron chi connectivity index (χ0n) is 21.9. The fraction of sp³-hybridized carbons (Fsp3) is 0.250. The summed E-state index contributed by atoms with van der Waals surface area (Å²) in [4.78, 5) is 13.5. The number of ether oxygens (including phenoxy) is 6. The van der Waals surface area contributed by atoms with Gasteiger partial charge in [-0.05, 0) is 53.6 Å². The summed E-state index contributed by atoms with van der Waals surface area (Å²) in [7, 11) is 7.52. The normalized spacial score (nSPS) is 16.8. The van der Waals surface area contributed by atoms with Crippen molar-refractivity contribution in [3.63, 3.8) is 0 Å². The Balaban J connectivity index is 1.76. The molecule has 1 aromatic heterocycles. The summed E-state index contributed by atoms with van der Waals surface area (Å²) in [5, 5.41) is 12.2. The van der Waals surface area contributed by atoms with Crippen LogP contribution in [0.2, 0.25) is 0 Å². The lowest BCUT2D eigenvalue weighted by atomic mass is 9.87. The van der Waals surface area contributed by atoms with Crippen LogP contribution in [0.1, 0.15) is 16.7 Å². The van der Waals surface area contributed by atoms with Gasteiger partial charge in [0.25, 0.3) is 5.79 Å². The summed E-state index contributed by atoms with van der Waals surface area (Å²) in [5.74, 6) is -0.842. The molecular formula is C28H26N2O8S. The molecule has 0 aliphatic carbocycles. The molecule has 1 atom stereocenters. The van der Waals surface area contributed by atoms with Crippen molar-refractivity contribution in [2.24, 2.45) is 0 Å². The highest BCUT2D eigenvalue weighted by atomic mass is 32.1. The van der Waals surface area contributed by atoms with E-state index in [0.717, 1.165) is 11.7 Å². The van der Waals surface area contributed by atoms with Crippen molar-refractivity contribution in [1.29, 1.82) is 0 Å².